The van der Waals surface area contributed by atoms with Gasteiger partial charge < -0.3 is 5.32 Å². The number of nitrogens with one attached hydrogen (secondary N) is 1. The summed E-state index contributed by atoms with van der Waals surface area (Å²) in [4.78, 5) is 10.9. The average Bonchev–Trinajstić information content (AvgIpc) is 2.09. The Bertz CT molecular complexity index is 189. The van der Waals surface area contributed by atoms with Crippen LogP contribution in [0.2, 0.25) is 0 Å². The highest BCUT2D eigenvalue weighted by atomic mass is 16.1. The summed E-state index contributed by atoms with van der Waals surface area (Å²) >= 11 is 0. The van der Waals surface area contributed by atoms with Gasteiger partial charge in [-0.2, -0.15) is 0 Å². The first-order chi connectivity index (χ1) is 5.81. The van der Waals surface area contributed by atoms with Gasteiger partial charge >= 0.3 is 0 Å². The molecule has 0 saturated heterocycles. The fraction of sp³-hybridized carbons (Fsp3) is 0.500. The SMILES string of the molecule is C#CCCC(=O)NCC/C=C/C. The van der Waals surface area contributed by atoms with Crippen molar-refractivity contribution >= 4 is 5.91 Å². The van der Waals surface area contributed by atoms with E-state index < -0.39 is 0 Å². The van der Waals surface area contributed by atoms with E-state index in [9.17, 15) is 4.79 Å². The molecular weight excluding hydrogens is 150 g/mol. The van der Waals surface area contributed by atoms with Crippen molar-refractivity contribution in [2.75, 3.05) is 6.54 Å². The molecule has 0 saturated carbocycles. The third-order valence-corrected chi connectivity index (χ3v) is 1.37. The topological polar surface area (TPSA) is 29.1 Å². The minimum atomic E-state index is 0.0393. The molecule has 66 valence electrons. The van der Waals surface area contributed by atoms with Gasteiger partial charge in [0.15, 0.2) is 0 Å². The number of hydrogen-bond donors (Lipinski definition) is 1. The van der Waals surface area contributed by atoms with Gasteiger partial charge in [0.2, 0.25) is 5.91 Å². The summed E-state index contributed by atoms with van der Waals surface area (Å²) in [6.45, 7) is 2.66. The number of hydrogen-bond acceptors (Lipinski definition) is 1. The van der Waals surface area contributed by atoms with Gasteiger partial charge in [-0.05, 0) is 13.3 Å². The van der Waals surface area contributed by atoms with Gasteiger partial charge in [-0.3, -0.25) is 4.79 Å². The molecule has 0 bridgehead atoms. The molecule has 0 unspecified atom stereocenters. The Hall–Kier alpha value is -1.23. The first-order valence-electron chi connectivity index (χ1n) is 4.12. The Morgan fingerprint density at radius 1 is 1.67 bits per heavy atom. The van der Waals surface area contributed by atoms with Crippen molar-refractivity contribution < 1.29 is 4.79 Å². The van der Waals surface area contributed by atoms with E-state index >= 15 is 0 Å². The zero-order chi connectivity index (χ0) is 9.23. The van der Waals surface area contributed by atoms with Gasteiger partial charge in [0.1, 0.15) is 0 Å². The molecule has 1 N–H and O–H groups in total. The number of carbonyl (C=O) groups excluding carboxylic acids is 1. The number of amides is 1. The van der Waals surface area contributed by atoms with Gasteiger partial charge in [0.25, 0.3) is 0 Å². The van der Waals surface area contributed by atoms with Crippen molar-refractivity contribution in [1.29, 1.82) is 0 Å². The first-order valence-corrected chi connectivity index (χ1v) is 4.12. The van der Waals surface area contributed by atoms with Crippen molar-refractivity contribution in [2.24, 2.45) is 0 Å². The lowest BCUT2D eigenvalue weighted by molar-refractivity contribution is -0.120. The molecule has 0 spiro atoms. The largest absolute Gasteiger partial charge is 0.356 e. The molecule has 0 radical (unpaired) electrons. The molecule has 0 aromatic carbocycles. The third kappa shape index (κ3) is 6.88. The van der Waals surface area contributed by atoms with Gasteiger partial charge in [-0.15, -0.1) is 12.3 Å². The predicted octanol–water partition coefficient (Wildman–Crippen LogP) is 1.48. The molecule has 2 heteroatoms. The quantitative estimate of drug-likeness (QED) is 0.373. The summed E-state index contributed by atoms with van der Waals surface area (Å²) in [6, 6.07) is 0. The van der Waals surface area contributed by atoms with Crippen molar-refractivity contribution in [3.8, 4) is 12.3 Å². The molecule has 0 aliphatic heterocycles. The molecule has 0 aliphatic carbocycles. The maximum atomic E-state index is 10.9. The van der Waals surface area contributed by atoms with Crippen molar-refractivity contribution in [1.82, 2.24) is 5.32 Å². The lowest BCUT2D eigenvalue weighted by Gasteiger charge is -1.99. The average molecular weight is 165 g/mol. The van der Waals surface area contributed by atoms with Crippen LogP contribution in [0.4, 0.5) is 0 Å². The van der Waals surface area contributed by atoms with E-state index in [1.165, 1.54) is 0 Å². The highest BCUT2D eigenvalue weighted by molar-refractivity contribution is 5.76. The maximum absolute atomic E-state index is 10.9. The molecule has 0 rings (SSSR count). The molecule has 0 fully saturated rings. The number of rotatable bonds is 5. The summed E-state index contributed by atoms with van der Waals surface area (Å²) in [6.07, 6.45) is 10.8. The second kappa shape index (κ2) is 7.87. The van der Waals surface area contributed by atoms with Crippen LogP contribution < -0.4 is 5.32 Å². The Morgan fingerprint density at radius 3 is 3.00 bits per heavy atom. The van der Waals surface area contributed by atoms with Crippen LogP contribution in [0, 0.1) is 12.3 Å². The smallest absolute Gasteiger partial charge is 0.220 e. The van der Waals surface area contributed by atoms with Crippen LogP contribution in [-0.2, 0) is 4.79 Å². The van der Waals surface area contributed by atoms with E-state index in [2.05, 4.69) is 11.2 Å². The molecule has 2 nitrogen and oxygen atoms in total. The molecule has 0 aromatic rings. The standard InChI is InChI=1S/C10H15NO/c1-3-5-7-9-11-10(12)8-6-4-2/h2-3,5H,6-9H2,1H3,(H,11,12)/b5-3+. The van der Waals surface area contributed by atoms with E-state index in [1.54, 1.807) is 0 Å². The summed E-state index contributed by atoms with van der Waals surface area (Å²) in [7, 11) is 0. The Morgan fingerprint density at radius 2 is 2.42 bits per heavy atom. The summed E-state index contributed by atoms with van der Waals surface area (Å²) in [5.41, 5.74) is 0. The van der Waals surface area contributed by atoms with Crippen LogP contribution in [0.15, 0.2) is 12.2 Å². The fourth-order valence-corrected chi connectivity index (χ4v) is 0.736. The monoisotopic (exact) mass is 165 g/mol. The lowest BCUT2D eigenvalue weighted by Crippen LogP contribution is -2.23. The normalized spacial score (nSPS) is 9.67. The molecule has 0 aromatic heterocycles. The maximum Gasteiger partial charge on any atom is 0.220 e. The second-order valence-electron chi connectivity index (χ2n) is 2.41. The van der Waals surface area contributed by atoms with Crippen LogP contribution in [0.25, 0.3) is 0 Å². The predicted molar refractivity (Wildman–Crippen MR) is 50.5 cm³/mol. The van der Waals surface area contributed by atoms with Gasteiger partial charge in [-0.1, -0.05) is 12.2 Å². The highest BCUT2D eigenvalue weighted by Gasteiger charge is 1.96. The minimum Gasteiger partial charge on any atom is -0.356 e. The number of allylic oxidation sites excluding steroid dienone is 1. The van der Waals surface area contributed by atoms with E-state index in [0.717, 1.165) is 6.42 Å². The zero-order valence-electron chi connectivity index (χ0n) is 7.47. The van der Waals surface area contributed by atoms with E-state index in [4.69, 9.17) is 6.42 Å². The van der Waals surface area contributed by atoms with Crippen molar-refractivity contribution in [3.05, 3.63) is 12.2 Å². The summed E-state index contributed by atoms with van der Waals surface area (Å²) in [5.74, 6) is 2.46. The van der Waals surface area contributed by atoms with Crippen LogP contribution in [0.1, 0.15) is 26.2 Å². The number of carbonyl (C=O) groups is 1. The van der Waals surface area contributed by atoms with Crippen molar-refractivity contribution in [2.45, 2.75) is 26.2 Å². The second-order valence-corrected chi connectivity index (χ2v) is 2.41. The van der Waals surface area contributed by atoms with Crippen molar-refractivity contribution in [3.63, 3.8) is 0 Å². The minimum absolute atomic E-state index is 0.0393. The van der Waals surface area contributed by atoms with E-state index in [-0.39, 0.29) is 5.91 Å². The van der Waals surface area contributed by atoms with Crippen LogP contribution >= 0.6 is 0 Å². The zero-order valence-corrected chi connectivity index (χ0v) is 7.47. The fourth-order valence-electron chi connectivity index (χ4n) is 0.736. The number of terminal acetylenes is 1. The summed E-state index contributed by atoms with van der Waals surface area (Å²) < 4.78 is 0. The Labute approximate surface area is 74.0 Å². The molecular formula is C10H15NO. The molecule has 0 heterocycles. The molecule has 1 amide bonds. The van der Waals surface area contributed by atoms with Gasteiger partial charge in [-0.25, -0.2) is 0 Å². The summed E-state index contributed by atoms with van der Waals surface area (Å²) in [5, 5.41) is 2.77. The van der Waals surface area contributed by atoms with Crippen LogP contribution in [0.5, 0.6) is 0 Å². The first kappa shape index (κ1) is 10.8. The van der Waals surface area contributed by atoms with E-state index in [1.807, 2.05) is 19.1 Å². The van der Waals surface area contributed by atoms with Crippen LogP contribution in [0.3, 0.4) is 0 Å². The molecule has 0 aliphatic rings. The van der Waals surface area contributed by atoms with E-state index in [0.29, 0.717) is 19.4 Å². The van der Waals surface area contributed by atoms with Gasteiger partial charge in [0, 0.05) is 19.4 Å². The molecule has 12 heavy (non-hydrogen) atoms. The highest BCUT2D eigenvalue weighted by Crippen LogP contribution is 1.86. The Kier molecular flexibility index (Phi) is 7.07. The van der Waals surface area contributed by atoms with Crippen LogP contribution in [-0.4, -0.2) is 12.5 Å². The van der Waals surface area contributed by atoms with Gasteiger partial charge in [0.05, 0.1) is 0 Å². The molecule has 0 atom stereocenters. The third-order valence-electron chi connectivity index (χ3n) is 1.37. The lowest BCUT2D eigenvalue weighted by atomic mass is 10.3. The Balaban J connectivity index is 3.27.